The number of carbonyl (C=O) groups is 2. The highest BCUT2D eigenvalue weighted by Crippen LogP contribution is 2.29. The molecule has 0 aliphatic carbocycles. The van der Waals surface area contributed by atoms with Crippen molar-refractivity contribution < 1.29 is 27.9 Å². The molecular formula is C18H17F3N2O3. The molecule has 8 heteroatoms. The van der Waals surface area contributed by atoms with Gasteiger partial charge >= 0.3 is 6.18 Å². The first-order valence-corrected chi connectivity index (χ1v) is 7.72. The summed E-state index contributed by atoms with van der Waals surface area (Å²) in [5.74, 6) is -1.16. The lowest BCUT2D eigenvalue weighted by Gasteiger charge is -2.16. The Morgan fingerprint density at radius 3 is 2.15 bits per heavy atom. The van der Waals surface area contributed by atoms with Crippen LogP contribution in [0, 0.1) is 0 Å². The number of halogens is 3. The monoisotopic (exact) mass is 366 g/mol. The summed E-state index contributed by atoms with van der Waals surface area (Å²) in [6.45, 7) is -0.647. The van der Waals surface area contributed by atoms with Crippen LogP contribution in [0.5, 0.6) is 0 Å². The van der Waals surface area contributed by atoms with Gasteiger partial charge in [0.25, 0.3) is 5.91 Å². The van der Waals surface area contributed by atoms with Crippen LogP contribution < -0.4 is 10.6 Å². The summed E-state index contributed by atoms with van der Waals surface area (Å²) in [4.78, 5) is 24.1. The number of benzene rings is 2. The third-order valence-electron chi connectivity index (χ3n) is 3.59. The van der Waals surface area contributed by atoms with E-state index in [2.05, 4.69) is 10.6 Å². The number of rotatable bonds is 6. The van der Waals surface area contributed by atoms with Gasteiger partial charge in [-0.25, -0.2) is 0 Å². The summed E-state index contributed by atoms with van der Waals surface area (Å²) < 4.78 is 37.5. The maximum Gasteiger partial charge on any atom is 0.416 e. The van der Waals surface area contributed by atoms with E-state index in [9.17, 15) is 27.9 Å². The van der Waals surface area contributed by atoms with E-state index in [1.165, 1.54) is 12.1 Å². The molecule has 0 aliphatic heterocycles. The lowest BCUT2D eigenvalue weighted by atomic mass is 10.1. The molecule has 5 nitrogen and oxygen atoms in total. The smallest absolute Gasteiger partial charge is 0.394 e. The van der Waals surface area contributed by atoms with Gasteiger partial charge in [0, 0.05) is 12.1 Å². The van der Waals surface area contributed by atoms with Crippen molar-refractivity contribution in [2.45, 2.75) is 18.8 Å². The maximum atomic E-state index is 12.5. The number of aliphatic hydroxyl groups is 1. The highest BCUT2D eigenvalue weighted by Gasteiger charge is 2.30. The van der Waals surface area contributed by atoms with Gasteiger partial charge in [0.15, 0.2) is 0 Å². The Labute approximate surface area is 147 Å². The summed E-state index contributed by atoms with van der Waals surface area (Å²) in [7, 11) is 0. The van der Waals surface area contributed by atoms with Crippen molar-refractivity contribution in [3.63, 3.8) is 0 Å². The summed E-state index contributed by atoms with van der Waals surface area (Å²) in [6.07, 6.45) is -4.43. The molecule has 2 rings (SSSR count). The Bertz CT molecular complexity index is 747. The first-order valence-electron chi connectivity index (χ1n) is 7.72. The Balaban J connectivity index is 1.92. The van der Waals surface area contributed by atoms with Crippen LogP contribution in [0.25, 0.3) is 0 Å². The minimum atomic E-state index is -4.43. The van der Waals surface area contributed by atoms with Crippen molar-refractivity contribution in [2.75, 3.05) is 6.61 Å². The van der Waals surface area contributed by atoms with E-state index in [0.717, 1.165) is 12.1 Å². The van der Waals surface area contributed by atoms with Crippen molar-refractivity contribution in [2.24, 2.45) is 0 Å². The fraction of sp³-hybridized carbons (Fsp3) is 0.222. The minimum Gasteiger partial charge on any atom is -0.394 e. The van der Waals surface area contributed by atoms with Gasteiger partial charge in [0.05, 0.1) is 12.2 Å². The predicted octanol–water partition coefficient (Wildman–Crippen LogP) is 2.11. The zero-order valence-corrected chi connectivity index (χ0v) is 13.6. The lowest BCUT2D eigenvalue weighted by molar-refractivity contribution is -0.137. The number of carbonyl (C=O) groups excluding carboxylic acids is 2. The third kappa shape index (κ3) is 5.32. The number of alkyl halides is 3. The molecule has 138 valence electrons. The summed E-state index contributed by atoms with van der Waals surface area (Å²) in [5, 5.41) is 14.2. The maximum absolute atomic E-state index is 12.5. The Kier molecular flexibility index (Phi) is 6.35. The fourth-order valence-corrected chi connectivity index (χ4v) is 2.15. The first-order chi connectivity index (χ1) is 12.3. The second-order valence-electron chi connectivity index (χ2n) is 5.49. The Hall–Kier alpha value is -2.87. The SMILES string of the molecule is O=C(NC(CO)C(=O)NCc1ccc(C(F)(F)F)cc1)c1ccccc1. The van der Waals surface area contributed by atoms with Gasteiger partial charge in [-0.2, -0.15) is 13.2 Å². The largest absolute Gasteiger partial charge is 0.416 e. The normalized spacial score (nSPS) is 12.3. The third-order valence-corrected chi connectivity index (χ3v) is 3.59. The van der Waals surface area contributed by atoms with E-state index in [1.54, 1.807) is 30.3 Å². The van der Waals surface area contributed by atoms with E-state index < -0.39 is 36.2 Å². The van der Waals surface area contributed by atoms with Crippen molar-refractivity contribution in [3.8, 4) is 0 Å². The minimum absolute atomic E-state index is 0.0331. The molecular weight excluding hydrogens is 349 g/mol. The second-order valence-corrected chi connectivity index (χ2v) is 5.49. The van der Waals surface area contributed by atoms with E-state index in [1.807, 2.05) is 0 Å². The fourth-order valence-electron chi connectivity index (χ4n) is 2.15. The van der Waals surface area contributed by atoms with Crippen LogP contribution in [-0.2, 0) is 17.5 Å². The molecule has 0 aromatic heterocycles. The quantitative estimate of drug-likeness (QED) is 0.733. The van der Waals surface area contributed by atoms with Crippen LogP contribution >= 0.6 is 0 Å². The molecule has 0 heterocycles. The van der Waals surface area contributed by atoms with Gasteiger partial charge in [-0.1, -0.05) is 30.3 Å². The average Bonchev–Trinajstić information content (AvgIpc) is 2.64. The highest BCUT2D eigenvalue weighted by molar-refractivity contribution is 5.97. The van der Waals surface area contributed by atoms with Gasteiger partial charge in [0.2, 0.25) is 5.91 Å². The van der Waals surface area contributed by atoms with E-state index >= 15 is 0 Å². The number of aliphatic hydroxyl groups excluding tert-OH is 1. The lowest BCUT2D eigenvalue weighted by Crippen LogP contribution is -2.48. The first kappa shape index (κ1) is 19.5. The number of hydrogen-bond acceptors (Lipinski definition) is 3. The molecule has 0 saturated carbocycles. The molecule has 0 saturated heterocycles. The molecule has 0 radical (unpaired) electrons. The molecule has 1 unspecified atom stereocenters. The zero-order chi connectivity index (χ0) is 19.2. The van der Waals surface area contributed by atoms with Crippen molar-refractivity contribution in [1.82, 2.24) is 10.6 Å². The number of amides is 2. The van der Waals surface area contributed by atoms with Crippen LogP contribution in [0.15, 0.2) is 54.6 Å². The van der Waals surface area contributed by atoms with Gasteiger partial charge in [0.1, 0.15) is 6.04 Å². The summed E-state index contributed by atoms with van der Waals surface area (Å²) >= 11 is 0. The van der Waals surface area contributed by atoms with E-state index in [0.29, 0.717) is 11.1 Å². The molecule has 1 atom stereocenters. The van der Waals surface area contributed by atoms with Crippen LogP contribution in [-0.4, -0.2) is 29.6 Å². The van der Waals surface area contributed by atoms with Gasteiger partial charge < -0.3 is 15.7 Å². The molecule has 0 fully saturated rings. The Morgan fingerprint density at radius 1 is 1.00 bits per heavy atom. The van der Waals surface area contributed by atoms with Gasteiger partial charge in [-0.05, 0) is 29.8 Å². The summed E-state index contributed by atoms with van der Waals surface area (Å²) in [5.41, 5.74) is 0.00912. The van der Waals surface area contributed by atoms with Gasteiger partial charge in [-0.3, -0.25) is 9.59 Å². The van der Waals surface area contributed by atoms with Crippen molar-refractivity contribution in [3.05, 3.63) is 71.3 Å². The standard InChI is InChI=1S/C18H17F3N2O3/c19-18(20,21)14-8-6-12(7-9-14)10-22-17(26)15(11-24)23-16(25)13-4-2-1-3-5-13/h1-9,15,24H,10-11H2,(H,22,26)(H,23,25). The zero-order valence-electron chi connectivity index (χ0n) is 13.6. The molecule has 0 spiro atoms. The number of hydrogen-bond donors (Lipinski definition) is 3. The van der Waals surface area contributed by atoms with Crippen LogP contribution in [0.3, 0.4) is 0 Å². The molecule has 2 aromatic carbocycles. The van der Waals surface area contributed by atoms with Crippen molar-refractivity contribution in [1.29, 1.82) is 0 Å². The van der Waals surface area contributed by atoms with E-state index in [4.69, 9.17) is 0 Å². The van der Waals surface area contributed by atoms with Crippen molar-refractivity contribution >= 4 is 11.8 Å². The summed E-state index contributed by atoms with van der Waals surface area (Å²) in [6, 6.07) is 11.3. The Morgan fingerprint density at radius 2 is 1.62 bits per heavy atom. The number of nitrogens with one attached hydrogen (secondary N) is 2. The van der Waals surface area contributed by atoms with Crippen LogP contribution in [0.4, 0.5) is 13.2 Å². The molecule has 3 N–H and O–H groups in total. The second kappa shape index (κ2) is 8.48. The van der Waals surface area contributed by atoms with Crippen LogP contribution in [0.2, 0.25) is 0 Å². The predicted molar refractivity (Wildman–Crippen MR) is 88.1 cm³/mol. The van der Waals surface area contributed by atoms with Crippen LogP contribution in [0.1, 0.15) is 21.5 Å². The molecule has 0 bridgehead atoms. The van der Waals surface area contributed by atoms with E-state index in [-0.39, 0.29) is 6.54 Å². The molecule has 2 amide bonds. The topological polar surface area (TPSA) is 78.4 Å². The molecule has 2 aromatic rings. The average molecular weight is 366 g/mol. The van der Waals surface area contributed by atoms with Gasteiger partial charge in [-0.15, -0.1) is 0 Å². The highest BCUT2D eigenvalue weighted by atomic mass is 19.4. The molecule has 0 aliphatic rings. The molecule has 26 heavy (non-hydrogen) atoms.